The Morgan fingerprint density at radius 3 is 3.00 bits per heavy atom. The van der Waals surface area contributed by atoms with E-state index in [1.807, 2.05) is 6.92 Å². The van der Waals surface area contributed by atoms with Gasteiger partial charge in [0, 0.05) is 19.3 Å². The topological polar surface area (TPSA) is 71.1 Å². The van der Waals surface area contributed by atoms with Crippen LogP contribution in [0.3, 0.4) is 0 Å². The Balaban J connectivity index is 1.95. The standard InChI is InChI=1S/C14H20O6/c1-13-9(6-11(16)17-2)7-12-19-10(13)4-3-5-14(13,20-12)18-8-15/h8-10,12H,3-7H2,1-2H3/t9-,10-,12+,13-,14+/m0/s1. The lowest BCUT2D eigenvalue weighted by Gasteiger charge is -2.65. The first-order chi connectivity index (χ1) is 9.55. The Bertz CT molecular complexity index is 424. The second kappa shape index (κ2) is 4.70. The summed E-state index contributed by atoms with van der Waals surface area (Å²) in [5.74, 6) is -1.17. The normalized spacial score (nSPS) is 45.8. The van der Waals surface area contributed by atoms with Gasteiger partial charge in [0.2, 0.25) is 5.79 Å². The van der Waals surface area contributed by atoms with Crippen LogP contribution in [0.25, 0.3) is 0 Å². The van der Waals surface area contributed by atoms with Crippen molar-refractivity contribution in [1.29, 1.82) is 0 Å². The Morgan fingerprint density at radius 1 is 1.50 bits per heavy atom. The first kappa shape index (κ1) is 13.8. The zero-order valence-corrected chi connectivity index (χ0v) is 11.8. The van der Waals surface area contributed by atoms with Crippen molar-refractivity contribution in [1.82, 2.24) is 0 Å². The predicted octanol–water partition coefficient (Wildman–Crippen LogP) is 1.37. The van der Waals surface area contributed by atoms with Crippen LogP contribution in [0, 0.1) is 11.3 Å². The molecule has 1 saturated carbocycles. The molecule has 0 aromatic rings. The van der Waals surface area contributed by atoms with E-state index in [2.05, 4.69) is 0 Å². The van der Waals surface area contributed by atoms with Crippen LogP contribution in [0.5, 0.6) is 0 Å². The second-order valence-electron chi connectivity index (χ2n) is 6.03. The van der Waals surface area contributed by atoms with Crippen molar-refractivity contribution in [2.45, 2.75) is 57.2 Å². The summed E-state index contributed by atoms with van der Waals surface area (Å²) in [6, 6.07) is 0. The zero-order valence-electron chi connectivity index (χ0n) is 11.8. The minimum Gasteiger partial charge on any atom is -0.469 e. The molecule has 1 aliphatic carbocycles. The summed E-state index contributed by atoms with van der Waals surface area (Å²) in [4.78, 5) is 22.6. The highest BCUT2D eigenvalue weighted by Crippen LogP contribution is 2.62. The van der Waals surface area contributed by atoms with Crippen molar-refractivity contribution in [3.8, 4) is 0 Å². The molecular weight excluding hydrogens is 264 g/mol. The molecule has 4 rings (SSSR count). The molecule has 0 aromatic carbocycles. The van der Waals surface area contributed by atoms with Crippen molar-refractivity contribution in [2.75, 3.05) is 7.11 Å². The first-order valence-corrected chi connectivity index (χ1v) is 7.07. The lowest BCUT2D eigenvalue weighted by molar-refractivity contribution is -0.458. The first-order valence-electron chi connectivity index (χ1n) is 7.07. The van der Waals surface area contributed by atoms with Gasteiger partial charge in [-0.1, -0.05) is 6.92 Å². The number of carbonyl (C=O) groups is 2. The van der Waals surface area contributed by atoms with Crippen LogP contribution >= 0.6 is 0 Å². The third-order valence-electron chi connectivity index (χ3n) is 5.30. The highest BCUT2D eigenvalue weighted by atomic mass is 16.8. The number of fused-ring (bicyclic) bond motifs is 1. The van der Waals surface area contributed by atoms with Gasteiger partial charge in [0.15, 0.2) is 6.29 Å². The molecule has 3 heterocycles. The van der Waals surface area contributed by atoms with E-state index < -0.39 is 17.5 Å². The Morgan fingerprint density at radius 2 is 2.30 bits per heavy atom. The molecule has 3 aliphatic heterocycles. The van der Waals surface area contributed by atoms with Crippen molar-refractivity contribution < 1.29 is 28.5 Å². The summed E-state index contributed by atoms with van der Waals surface area (Å²) in [6.07, 6.45) is 2.91. The van der Waals surface area contributed by atoms with Crippen molar-refractivity contribution in [2.24, 2.45) is 11.3 Å². The molecule has 4 fully saturated rings. The summed E-state index contributed by atoms with van der Waals surface area (Å²) in [5, 5.41) is 0. The maximum Gasteiger partial charge on any atom is 0.305 e. The quantitative estimate of drug-likeness (QED) is 0.573. The van der Waals surface area contributed by atoms with Gasteiger partial charge >= 0.3 is 5.97 Å². The summed E-state index contributed by atoms with van der Waals surface area (Å²) in [6.45, 7) is 2.45. The second-order valence-corrected chi connectivity index (χ2v) is 6.03. The number of carbonyl (C=O) groups excluding carboxylic acids is 2. The van der Waals surface area contributed by atoms with Gasteiger partial charge in [-0.3, -0.25) is 9.59 Å². The van der Waals surface area contributed by atoms with E-state index >= 15 is 0 Å². The number of hydrogen-bond donors (Lipinski definition) is 0. The smallest absolute Gasteiger partial charge is 0.305 e. The van der Waals surface area contributed by atoms with E-state index in [0.717, 1.165) is 12.8 Å². The average molecular weight is 284 g/mol. The molecule has 0 N–H and O–H groups in total. The van der Waals surface area contributed by atoms with Gasteiger partial charge in [-0.05, 0) is 18.8 Å². The molecule has 0 aromatic heterocycles. The lowest BCUT2D eigenvalue weighted by Crippen LogP contribution is -2.72. The molecule has 4 bridgehead atoms. The highest BCUT2D eigenvalue weighted by Gasteiger charge is 2.69. The number of esters is 1. The van der Waals surface area contributed by atoms with Crippen LogP contribution < -0.4 is 0 Å². The fourth-order valence-electron chi connectivity index (χ4n) is 4.18. The number of rotatable bonds is 4. The SMILES string of the molecule is COC(=O)C[C@H]1C[C@@H]2O[C@H]3CCC[C@@](OC=O)(O2)[C@@]13C. The van der Waals surface area contributed by atoms with E-state index in [-0.39, 0.29) is 18.0 Å². The van der Waals surface area contributed by atoms with Crippen LogP contribution in [0.1, 0.15) is 39.0 Å². The monoisotopic (exact) mass is 284 g/mol. The van der Waals surface area contributed by atoms with Crippen LogP contribution in [-0.4, -0.2) is 37.7 Å². The van der Waals surface area contributed by atoms with Crippen molar-refractivity contribution in [3.63, 3.8) is 0 Å². The largest absolute Gasteiger partial charge is 0.469 e. The fraction of sp³-hybridized carbons (Fsp3) is 0.857. The maximum absolute atomic E-state index is 11.7. The van der Waals surface area contributed by atoms with Gasteiger partial charge in [-0.15, -0.1) is 0 Å². The van der Waals surface area contributed by atoms with E-state index in [9.17, 15) is 9.59 Å². The van der Waals surface area contributed by atoms with E-state index in [1.54, 1.807) is 0 Å². The summed E-state index contributed by atoms with van der Waals surface area (Å²) < 4.78 is 22.0. The van der Waals surface area contributed by atoms with E-state index in [4.69, 9.17) is 18.9 Å². The Kier molecular flexibility index (Phi) is 3.25. The Labute approximate surface area is 117 Å². The van der Waals surface area contributed by atoms with Crippen LogP contribution in [0.2, 0.25) is 0 Å². The molecule has 3 saturated heterocycles. The van der Waals surface area contributed by atoms with Gasteiger partial charge in [0.05, 0.1) is 18.6 Å². The number of hydrogen-bond acceptors (Lipinski definition) is 6. The molecule has 6 heteroatoms. The molecule has 5 atom stereocenters. The van der Waals surface area contributed by atoms with Gasteiger partial charge in [-0.25, -0.2) is 0 Å². The fourth-order valence-corrected chi connectivity index (χ4v) is 4.18. The molecule has 0 amide bonds. The summed E-state index contributed by atoms with van der Waals surface area (Å²) in [5.41, 5.74) is -0.505. The lowest BCUT2D eigenvalue weighted by atomic mass is 9.56. The molecule has 6 nitrogen and oxygen atoms in total. The van der Waals surface area contributed by atoms with Crippen molar-refractivity contribution >= 4 is 12.4 Å². The van der Waals surface area contributed by atoms with Crippen LogP contribution in [0.15, 0.2) is 0 Å². The minimum atomic E-state index is -0.961. The zero-order chi connectivity index (χ0) is 14.4. The molecular formula is C14H20O6. The minimum absolute atomic E-state index is 0.0349. The average Bonchev–Trinajstić information content (AvgIpc) is 2.40. The Hall–Kier alpha value is -1.14. The summed E-state index contributed by atoms with van der Waals surface area (Å²) in [7, 11) is 1.39. The third kappa shape index (κ3) is 1.71. The van der Waals surface area contributed by atoms with Crippen molar-refractivity contribution in [3.05, 3.63) is 0 Å². The van der Waals surface area contributed by atoms with Gasteiger partial charge in [0.25, 0.3) is 6.47 Å². The van der Waals surface area contributed by atoms with Gasteiger partial charge < -0.3 is 18.9 Å². The van der Waals surface area contributed by atoms with Crippen LogP contribution in [0.4, 0.5) is 0 Å². The highest BCUT2D eigenvalue weighted by molar-refractivity contribution is 5.69. The molecule has 0 radical (unpaired) electrons. The molecule has 0 unspecified atom stereocenters. The molecule has 20 heavy (non-hydrogen) atoms. The molecule has 112 valence electrons. The van der Waals surface area contributed by atoms with E-state index in [0.29, 0.717) is 25.7 Å². The molecule has 0 spiro atoms. The van der Waals surface area contributed by atoms with E-state index in [1.165, 1.54) is 7.11 Å². The third-order valence-corrected chi connectivity index (χ3v) is 5.30. The number of ether oxygens (including phenoxy) is 4. The predicted molar refractivity (Wildman–Crippen MR) is 66.3 cm³/mol. The van der Waals surface area contributed by atoms with Crippen LogP contribution in [-0.2, 0) is 28.5 Å². The summed E-state index contributed by atoms with van der Waals surface area (Å²) >= 11 is 0. The van der Waals surface area contributed by atoms with Gasteiger partial charge in [-0.2, -0.15) is 0 Å². The number of methoxy groups -OCH3 is 1. The van der Waals surface area contributed by atoms with Gasteiger partial charge in [0.1, 0.15) is 0 Å². The maximum atomic E-state index is 11.7. The molecule has 4 aliphatic rings.